The van der Waals surface area contributed by atoms with Crippen LogP contribution in [0.25, 0.3) is 21.9 Å². The average Bonchev–Trinajstić information content (AvgIpc) is 3.11. The van der Waals surface area contributed by atoms with Crippen LogP contribution < -0.4 is 20.7 Å². The zero-order valence-electron chi connectivity index (χ0n) is 17.0. The molecule has 1 heteroatoms. The standard InChI is InChI=1S/C29H22Si/c1-21-10-9-14-24(20-21)30(23-12-3-2-4-13-23)27-17-8-7-16-26(27)29-25-15-6-5-11-22(25)18-19-28(29)30/h2-20H,1H3. The fraction of sp³-hybridized carbons (Fsp3) is 0.0345. The van der Waals surface area contributed by atoms with Gasteiger partial charge in [0.15, 0.2) is 8.07 Å². The van der Waals surface area contributed by atoms with E-state index in [9.17, 15) is 0 Å². The van der Waals surface area contributed by atoms with Crippen molar-refractivity contribution >= 4 is 39.6 Å². The summed E-state index contributed by atoms with van der Waals surface area (Å²) in [5, 5.41) is 8.62. The Balaban J connectivity index is 1.85. The lowest BCUT2D eigenvalue weighted by molar-refractivity contribution is 1.49. The van der Waals surface area contributed by atoms with E-state index in [-0.39, 0.29) is 0 Å². The maximum absolute atomic E-state index is 2.42. The maximum atomic E-state index is 2.42. The van der Waals surface area contributed by atoms with Crippen molar-refractivity contribution in [3.8, 4) is 11.1 Å². The molecule has 6 rings (SSSR count). The molecule has 0 N–H and O–H groups in total. The maximum Gasteiger partial charge on any atom is 0.180 e. The van der Waals surface area contributed by atoms with Crippen molar-refractivity contribution in [2.75, 3.05) is 0 Å². The Morgan fingerprint density at radius 3 is 2.13 bits per heavy atom. The molecule has 1 aliphatic heterocycles. The van der Waals surface area contributed by atoms with E-state index in [1.54, 1.807) is 0 Å². The Labute approximate surface area is 178 Å². The van der Waals surface area contributed by atoms with Gasteiger partial charge in [0.05, 0.1) is 0 Å². The molecular weight excluding hydrogens is 376 g/mol. The number of hydrogen-bond acceptors (Lipinski definition) is 0. The summed E-state index contributed by atoms with van der Waals surface area (Å²) >= 11 is 0. The van der Waals surface area contributed by atoms with Crippen LogP contribution in [0, 0.1) is 6.92 Å². The number of aryl methyl sites for hydroxylation is 1. The van der Waals surface area contributed by atoms with Crippen LogP contribution in [-0.2, 0) is 0 Å². The molecule has 0 fully saturated rings. The molecule has 0 nitrogen and oxygen atoms in total. The highest BCUT2D eigenvalue weighted by Gasteiger charge is 2.48. The number of hydrogen-bond donors (Lipinski definition) is 0. The highest BCUT2D eigenvalue weighted by molar-refractivity contribution is 7.22. The fourth-order valence-electron chi connectivity index (χ4n) is 5.40. The third-order valence-corrected chi connectivity index (χ3v) is 11.4. The number of fused-ring (bicyclic) bond motifs is 5. The third kappa shape index (κ3) is 2.27. The van der Waals surface area contributed by atoms with Crippen LogP contribution in [0.4, 0.5) is 0 Å². The van der Waals surface area contributed by atoms with E-state index >= 15 is 0 Å². The van der Waals surface area contributed by atoms with Gasteiger partial charge in [-0.3, -0.25) is 0 Å². The van der Waals surface area contributed by atoms with E-state index in [4.69, 9.17) is 0 Å². The lowest BCUT2D eigenvalue weighted by Gasteiger charge is -2.31. The highest BCUT2D eigenvalue weighted by Crippen LogP contribution is 2.34. The minimum atomic E-state index is -2.37. The van der Waals surface area contributed by atoms with Gasteiger partial charge in [0, 0.05) is 0 Å². The molecule has 1 aliphatic rings. The molecule has 5 aromatic carbocycles. The Morgan fingerprint density at radius 1 is 0.533 bits per heavy atom. The van der Waals surface area contributed by atoms with Crippen LogP contribution in [0.15, 0.2) is 115 Å². The van der Waals surface area contributed by atoms with E-state index in [0.717, 1.165) is 0 Å². The van der Waals surface area contributed by atoms with Gasteiger partial charge in [0.25, 0.3) is 0 Å². The number of benzene rings is 5. The van der Waals surface area contributed by atoms with Gasteiger partial charge >= 0.3 is 0 Å². The van der Waals surface area contributed by atoms with E-state index in [1.165, 1.54) is 48.2 Å². The van der Waals surface area contributed by atoms with Crippen molar-refractivity contribution in [1.29, 1.82) is 0 Å². The second kappa shape index (κ2) is 6.55. The van der Waals surface area contributed by atoms with Gasteiger partial charge in [-0.1, -0.05) is 121 Å². The molecular formula is C29H22Si. The van der Waals surface area contributed by atoms with Crippen LogP contribution >= 0.6 is 0 Å². The molecule has 1 unspecified atom stereocenters. The summed E-state index contributed by atoms with van der Waals surface area (Å²) in [6.07, 6.45) is 0. The average molecular weight is 399 g/mol. The molecule has 1 atom stereocenters. The predicted molar refractivity (Wildman–Crippen MR) is 131 cm³/mol. The molecule has 0 amide bonds. The van der Waals surface area contributed by atoms with Crippen LogP contribution in [0.5, 0.6) is 0 Å². The number of rotatable bonds is 2. The summed E-state index contributed by atoms with van der Waals surface area (Å²) in [5.41, 5.74) is 4.16. The van der Waals surface area contributed by atoms with E-state index < -0.39 is 8.07 Å². The van der Waals surface area contributed by atoms with E-state index in [0.29, 0.717) is 0 Å². The van der Waals surface area contributed by atoms with Gasteiger partial charge in [-0.15, -0.1) is 0 Å². The Morgan fingerprint density at radius 2 is 1.27 bits per heavy atom. The monoisotopic (exact) mass is 398 g/mol. The predicted octanol–water partition coefficient (Wildman–Crippen LogP) is 4.51. The normalized spacial score (nSPS) is 17.0. The molecule has 142 valence electrons. The molecule has 0 saturated heterocycles. The van der Waals surface area contributed by atoms with Gasteiger partial charge in [0.2, 0.25) is 0 Å². The smallest absolute Gasteiger partial charge is 0.0623 e. The quantitative estimate of drug-likeness (QED) is 0.377. The molecule has 30 heavy (non-hydrogen) atoms. The second-order valence-electron chi connectivity index (χ2n) is 8.24. The zero-order valence-corrected chi connectivity index (χ0v) is 18.0. The van der Waals surface area contributed by atoms with Crippen molar-refractivity contribution < 1.29 is 0 Å². The molecule has 0 aliphatic carbocycles. The van der Waals surface area contributed by atoms with Gasteiger partial charge < -0.3 is 0 Å². The minimum absolute atomic E-state index is 1.31. The van der Waals surface area contributed by atoms with E-state index in [1.807, 2.05) is 0 Å². The lowest BCUT2D eigenvalue weighted by atomic mass is 9.98. The summed E-state index contributed by atoms with van der Waals surface area (Å²) in [7, 11) is -2.37. The van der Waals surface area contributed by atoms with E-state index in [2.05, 4.69) is 122 Å². The van der Waals surface area contributed by atoms with Gasteiger partial charge in [-0.2, -0.15) is 0 Å². The minimum Gasteiger partial charge on any atom is -0.0623 e. The molecule has 0 bridgehead atoms. The topological polar surface area (TPSA) is 0 Å². The summed E-state index contributed by atoms with van der Waals surface area (Å²) in [6, 6.07) is 43.1. The first-order chi connectivity index (χ1) is 14.8. The highest BCUT2D eigenvalue weighted by atomic mass is 28.3. The first-order valence-electron chi connectivity index (χ1n) is 10.5. The Kier molecular flexibility index (Phi) is 3.81. The molecule has 0 aromatic heterocycles. The SMILES string of the molecule is Cc1cccc([Si]2(c3ccccc3)c3ccccc3-c3c2ccc2ccccc32)c1. The van der Waals surface area contributed by atoms with Crippen molar-refractivity contribution in [2.24, 2.45) is 0 Å². The third-order valence-electron chi connectivity index (χ3n) is 6.59. The summed E-state index contributed by atoms with van der Waals surface area (Å²) in [4.78, 5) is 0. The van der Waals surface area contributed by atoms with Gasteiger partial charge in [-0.05, 0) is 49.6 Å². The fourth-order valence-corrected chi connectivity index (χ4v) is 10.7. The first kappa shape index (κ1) is 17.4. The summed E-state index contributed by atoms with van der Waals surface area (Å²) in [6.45, 7) is 2.21. The van der Waals surface area contributed by atoms with Crippen LogP contribution in [0.3, 0.4) is 0 Å². The molecule has 5 aromatic rings. The Bertz CT molecular complexity index is 1400. The zero-order chi connectivity index (χ0) is 20.1. The molecule has 1 heterocycles. The molecule has 0 saturated carbocycles. The van der Waals surface area contributed by atoms with Crippen molar-refractivity contribution in [3.05, 3.63) is 121 Å². The van der Waals surface area contributed by atoms with Crippen molar-refractivity contribution in [2.45, 2.75) is 6.92 Å². The van der Waals surface area contributed by atoms with Crippen LogP contribution in [0.1, 0.15) is 5.56 Å². The van der Waals surface area contributed by atoms with Crippen LogP contribution in [-0.4, -0.2) is 8.07 Å². The van der Waals surface area contributed by atoms with Crippen molar-refractivity contribution in [1.82, 2.24) is 0 Å². The summed E-state index contributed by atoms with van der Waals surface area (Å²) < 4.78 is 0. The summed E-state index contributed by atoms with van der Waals surface area (Å²) in [5.74, 6) is 0. The lowest BCUT2D eigenvalue weighted by Crippen LogP contribution is -2.72. The second-order valence-corrected chi connectivity index (χ2v) is 12.0. The molecule has 0 radical (unpaired) electrons. The van der Waals surface area contributed by atoms with Gasteiger partial charge in [-0.25, -0.2) is 0 Å². The largest absolute Gasteiger partial charge is 0.180 e. The van der Waals surface area contributed by atoms with Gasteiger partial charge in [0.1, 0.15) is 0 Å². The Hall–Kier alpha value is -3.42. The first-order valence-corrected chi connectivity index (χ1v) is 12.5. The molecule has 0 spiro atoms. The van der Waals surface area contributed by atoms with Crippen molar-refractivity contribution in [3.63, 3.8) is 0 Å². The van der Waals surface area contributed by atoms with Crippen LogP contribution in [0.2, 0.25) is 0 Å².